The Morgan fingerprint density at radius 1 is 1.78 bits per heavy atom. The van der Waals surface area contributed by atoms with Crippen LogP contribution in [0.5, 0.6) is 0 Å². The summed E-state index contributed by atoms with van der Waals surface area (Å²) in [5, 5.41) is 5.15. The van der Waals surface area contributed by atoms with Gasteiger partial charge < -0.3 is 4.90 Å². The van der Waals surface area contributed by atoms with Crippen LogP contribution in [0.1, 0.15) is 6.92 Å². The lowest BCUT2D eigenvalue weighted by atomic mass is 10.7. The van der Waals surface area contributed by atoms with Gasteiger partial charge in [-0.1, -0.05) is 0 Å². The van der Waals surface area contributed by atoms with Gasteiger partial charge in [0, 0.05) is 13.6 Å². The Bertz CT molecular complexity index is 125. The zero-order valence-corrected chi connectivity index (χ0v) is 5.58. The van der Waals surface area contributed by atoms with Gasteiger partial charge >= 0.3 is 0 Å². The van der Waals surface area contributed by atoms with Gasteiger partial charge in [0.15, 0.2) is 0 Å². The van der Waals surface area contributed by atoms with Gasteiger partial charge in [-0.25, -0.2) is 5.01 Å². The van der Waals surface area contributed by atoms with Gasteiger partial charge in [0.1, 0.15) is 6.34 Å². The second kappa shape index (κ2) is 2.21. The molecule has 0 N–H and O–H groups in total. The Balaban J connectivity index is 2.51. The molecule has 0 saturated heterocycles. The van der Waals surface area contributed by atoms with Gasteiger partial charge in [0.25, 0.3) is 6.42 Å². The summed E-state index contributed by atoms with van der Waals surface area (Å²) in [7, 11) is 1.66. The Morgan fingerprint density at radius 2 is 2.44 bits per heavy atom. The molecule has 0 saturated carbocycles. The molecule has 0 spiro atoms. The van der Waals surface area contributed by atoms with Crippen LogP contribution in [0.25, 0.3) is 0 Å². The second-order valence-corrected chi connectivity index (χ2v) is 1.96. The van der Waals surface area contributed by atoms with E-state index < -0.39 is 6.42 Å². The third kappa shape index (κ3) is 0.966. The minimum absolute atomic E-state index is 0.613. The van der Waals surface area contributed by atoms with E-state index >= 15 is 0 Å². The first kappa shape index (κ1) is 6.32. The largest absolute Gasteiger partial charge is 0.316 e. The molecule has 0 aromatic rings. The molecule has 9 heavy (non-hydrogen) atoms. The lowest BCUT2D eigenvalue weighted by Crippen LogP contribution is -2.32. The first-order valence-electron chi connectivity index (χ1n) is 2.92. The highest BCUT2D eigenvalue weighted by molar-refractivity contribution is 5.55. The smallest absolute Gasteiger partial charge is 0.264 e. The van der Waals surface area contributed by atoms with Crippen LogP contribution in [-0.4, -0.2) is 36.3 Å². The minimum atomic E-state index is -1.06. The Labute approximate surface area is 53.7 Å². The van der Waals surface area contributed by atoms with Gasteiger partial charge in [-0.2, -0.15) is 9.49 Å². The van der Waals surface area contributed by atoms with Crippen LogP contribution in [0.3, 0.4) is 0 Å². The number of rotatable bonds is 1. The summed E-state index contributed by atoms with van der Waals surface area (Å²) in [6, 6.07) is 0. The van der Waals surface area contributed by atoms with Crippen molar-refractivity contribution in [3.8, 4) is 0 Å². The van der Waals surface area contributed by atoms with Gasteiger partial charge in [-0.05, 0) is 6.92 Å². The highest BCUT2D eigenvalue weighted by Crippen LogP contribution is 2.09. The van der Waals surface area contributed by atoms with Crippen molar-refractivity contribution in [2.24, 2.45) is 5.10 Å². The van der Waals surface area contributed by atoms with E-state index in [1.54, 1.807) is 7.05 Å². The Morgan fingerprint density at radius 3 is 2.67 bits per heavy atom. The number of nitrogens with zero attached hydrogens (tertiary/aromatic N) is 3. The molecular formula is C5H10FN3. The predicted molar refractivity (Wildman–Crippen MR) is 33.5 cm³/mol. The molecule has 3 nitrogen and oxygen atoms in total. The molecule has 0 aromatic heterocycles. The fraction of sp³-hybridized carbons (Fsp3) is 0.800. The van der Waals surface area contributed by atoms with E-state index in [-0.39, 0.29) is 0 Å². The predicted octanol–water partition coefficient (Wildman–Crippen LogP) is 0.450. The Kier molecular flexibility index (Phi) is 1.55. The number of halogens is 1. The van der Waals surface area contributed by atoms with Crippen LogP contribution >= 0.6 is 0 Å². The van der Waals surface area contributed by atoms with E-state index in [1.165, 1.54) is 16.2 Å². The topological polar surface area (TPSA) is 18.8 Å². The molecule has 0 radical (unpaired) electrons. The summed E-state index contributed by atoms with van der Waals surface area (Å²) in [6.07, 6.45) is 0.420. The maximum atomic E-state index is 12.7. The van der Waals surface area contributed by atoms with Crippen molar-refractivity contribution in [3.63, 3.8) is 0 Å². The molecule has 0 fully saturated rings. The Hall–Kier alpha value is -0.800. The minimum Gasteiger partial charge on any atom is -0.316 e. The summed E-state index contributed by atoms with van der Waals surface area (Å²) in [6.45, 7) is 2.48. The molecule has 4 heteroatoms. The normalized spacial score (nSPS) is 25.9. The average Bonchev–Trinajstić information content (AvgIpc) is 2.15. The van der Waals surface area contributed by atoms with Gasteiger partial charge in [0.2, 0.25) is 0 Å². The van der Waals surface area contributed by atoms with E-state index in [1.807, 2.05) is 6.92 Å². The quantitative estimate of drug-likeness (QED) is 0.481. The molecule has 1 aliphatic rings. The first-order valence-corrected chi connectivity index (χ1v) is 2.92. The molecule has 1 unspecified atom stereocenters. The van der Waals surface area contributed by atoms with E-state index in [9.17, 15) is 4.39 Å². The second-order valence-electron chi connectivity index (χ2n) is 1.96. The van der Waals surface area contributed by atoms with Crippen LogP contribution in [0.4, 0.5) is 4.39 Å². The number of hydrazone groups is 1. The maximum absolute atomic E-state index is 12.7. The highest BCUT2D eigenvalue weighted by atomic mass is 19.1. The van der Waals surface area contributed by atoms with Crippen molar-refractivity contribution in [1.29, 1.82) is 0 Å². The number of hydrogen-bond donors (Lipinski definition) is 0. The van der Waals surface area contributed by atoms with Crippen molar-refractivity contribution < 1.29 is 4.39 Å². The van der Waals surface area contributed by atoms with Crippen molar-refractivity contribution in [2.75, 3.05) is 13.6 Å². The summed E-state index contributed by atoms with van der Waals surface area (Å²) < 4.78 is 12.7. The molecule has 1 atom stereocenters. The summed E-state index contributed by atoms with van der Waals surface area (Å²) in [5.41, 5.74) is 0. The molecule has 1 heterocycles. The van der Waals surface area contributed by atoms with Crippen LogP contribution in [-0.2, 0) is 0 Å². The molecule has 52 valence electrons. The summed E-state index contributed by atoms with van der Waals surface area (Å²) >= 11 is 0. The highest BCUT2D eigenvalue weighted by Gasteiger charge is 2.21. The first-order chi connectivity index (χ1) is 4.25. The van der Waals surface area contributed by atoms with Crippen molar-refractivity contribution in [2.45, 2.75) is 13.3 Å². The van der Waals surface area contributed by atoms with Crippen LogP contribution in [0.2, 0.25) is 0 Å². The lowest BCUT2D eigenvalue weighted by Gasteiger charge is -2.18. The van der Waals surface area contributed by atoms with E-state index in [4.69, 9.17) is 0 Å². The van der Waals surface area contributed by atoms with Gasteiger partial charge in [-0.15, -0.1) is 0 Å². The molecule has 0 bridgehead atoms. The monoisotopic (exact) mass is 131 g/mol. The third-order valence-corrected chi connectivity index (χ3v) is 1.29. The summed E-state index contributed by atoms with van der Waals surface area (Å²) in [5.74, 6) is 0. The molecule has 0 aliphatic carbocycles. The maximum Gasteiger partial charge on any atom is 0.264 e. The molecule has 0 amide bonds. The van der Waals surface area contributed by atoms with Crippen molar-refractivity contribution in [3.05, 3.63) is 0 Å². The van der Waals surface area contributed by atoms with Gasteiger partial charge in [0.05, 0.1) is 0 Å². The van der Waals surface area contributed by atoms with Crippen molar-refractivity contribution >= 4 is 6.34 Å². The zero-order chi connectivity index (χ0) is 6.85. The number of alkyl halides is 1. The van der Waals surface area contributed by atoms with E-state index in [0.717, 1.165) is 0 Å². The van der Waals surface area contributed by atoms with E-state index in [0.29, 0.717) is 6.54 Å². The van der Waals surface area contributed by atoms with Crippen molar-refractivity contribution in [1.82, 2.24) is 9.91 Å². The molecular weight excluding hydrogens is 121 g/mol. The standard InChI is InChI=1S/C5H10FN3/c1-3-9-5(6)8(2)4-7-9/h4-5H,3H2,1-2H3. The zero-order valence-electron chi connectivity index (χ0n) is 5.58. The SMILES string of the molecule is CCN1N=CN(C)C1F. The lowest BCUT2D eigenvalue weighted by molar-refractivity contribution is 0.0314. The fourth-order valence-corrected chi connectivity index (χ4v) is 0.700. The van der Waals surface area contributed by atoms with Gasteiger partial charge in [-0.3, -0.25) is 0 Å². The van der Waals surface area contributed by atoms with E-state index in [2.05, 4.69) is 5.10 Å². The molecule has 1 rings (SSSR count). The summed E-state index contributed by atoms with van der Waals surface area (Å²) in [4.78, 5) is 1.42. The fourth-order valence-electron chi connectivity index (χ4n) is 0.700. The van der Waals surface area contributed by atoms with Crippen LogP contribution in [0, 0.1) is 0 Å². The molecule has 0 aromatic carbocycles. The average molecular weight is 131 g/mol. The van der Waals surface area contributed by atoms with Crippen LogP contribution < -0.4 is 0 Å². The molecule has 1 aliphatic heterocycles. The number of hydrogen-bond acceptors (Lipinski definition) is 3. The third-order valence-electron chi connectivity index (χ3n) is 1.29. The van der Waals surface area contributed by atoms with Crippen LogP contribution in [0.15, 0.2) is 5.10 Å².